The lowest BCUT2D eigenvalue weighted by Gasteiger charge is -2.26. The zero-order valence-corrected chi connectivity index (χ0v) is 12.0. The normalized spacial score (nSPS) is 11.5. The Bertz CT molecular complexity index is 521. The van der Waals surface area contributed by atoms with Crippen LogP contribution < -0.4 is 0 Å². The van der Waals surface area contributed by atoms with Crippen molar-refractivity contribution in [1.29, 1.82) is 0 Å². The van der Waals surface area contributed by atoms with Gasteiger partial charge in [0.05, 0.1) is 0 Å². The second-order valence-electron chi connectivity index (χ2n) is 5.62. The number of rotatable bonds is 4. The molecule has 0 aliphatic rings. The Kier molecular flexibility index (Phi) is 3.94. The van der Waals surface area contributed by atoms with Crippen LogP contribution in [-0.2, 0) is 11.8 Å². The summed E-state index contributed by atoms with van der Waals surface area (Å²) in [6, 6.07) is 16.4. The summed E-state index contributed by atoms with van der Waals surface area (Å²) in [5, 5.41) is 9.39. The van der Waals surface area contributed by atoms with Gasteiger partial charge in [-0.25, -0.2) is 0 Å². The summed E-state index contributed by atoms with van der Waals surface area (Å²) in [6.45, 7) is 6.64. The molecule has 19 heavy (non-hydrogen) atoms. The summed E-state index contributed by atoms with van der Waals surface area (Å²) in [7, 11) is 0. The predicted octanol–water partition coefficient (Wildman–Crippen LogP) is 4.67. The van der Waals surface area contributed by atoms with E-state index < -0.39 is 0 Å². The van der Waals surface area contributed by atoms with E-state index >= 15 is 0 Å². The van der Waals surface area contributed by atoms with Gasteiger partial charge in [-0.05, 0) is 35.2 Å². The van der Waals surface area contributed by atoms with Crippen LogP contribution in [0.2, 0.25) is 0 Å². The predicted molar refractivity (Wildman–Crippen MR) is 80.7 cm³/mol. The highest BCUT2D eigenvalue weighted by Crippen LogP contribution is 2.32. The van der Waals surface area contributed by atoms with E-state index in [1.54, 1.807) is 12.1 Å². The van der Waals surface area contributed by atoms with Gasteiger partial charge in [0.2, 0.25) is 0 Å². The van der Waals surface area contributed by atoms with Crippen LogP contribution in [0.3, 0.4) is 0 Å². The van der Waals surface area contributed by atoms with Crippen LogP contribution in [0.25, 0.3) is 0 Å². The zero-order chi connectivity index (χ0) is 13.9. The van der Waals surface area contributed by atoms with Gasteiger partial charge < -0.3 is 5.11 Å². The third kappa shape index (κ3) is 2.98. The molecule has 2 aromatic rings. The first kappa shape index (κ1) is 13.7. The molecule has 0 radical (unpaired) electrons. The van der Waals surface area contributed by atoms with Crippen LogP contribution in [-0.4, -0.2) is 5.11 Å². The summed E-state index contributed by atoms with van der Waals surface area (Å²) < 4.78 is 0. The lowest BCUT2D eigenvalue weighted by atomic mass is 9.78. The van der Waals surface area contributed by atoms with Crippen molar-refractivity contribution in [3.63, 3.8) is 0 Å². The third-order valence-corrected chi connectivity index (χ3v) is 3.80. The third-order valence-electron chi connectivity index (χ3n) is 3.80. The quantitative estimate of drug-likeness (QED) is 0.840. The Balaban J connectivity index is 2.30. The molecule has 0 unspecified atom stereocenters. The molecule has 0 spiro atoms. The highest BCUT2D eigenvalue weighted by atomic mass is 16.3. The van der Waals surface area contributed by atoms with Gasteiger partial charge in [0, 0.05) is 5.41 Å². The van der Waals surface area contributed by atoms with Crippen LogP contribution in [0.15, 0.2) is 48.5 Å². The molecular formula is C18H22O. The number of phenols is 1. The minimum Gasteiger partial charge on any atom is -0.508 e. The Morgan fingerprint density at radius 2 is 1.32 bits per heavy atom. The fourth-order valence-corrected chi connectivity index (χ4v) is 2.42. The summed E-state index contributed by atoms with van der Waals surface area (Å²) in [5.74, 6) is 0.317. The molecule has 0 aliphatic carbocycles. The second kappa shape index (κ2) is 5.48. The monoisotopic (exact) mass is 254 g/mol. The molecule has 0 heterocycles. The topological polar surface area (TPSA) is 20.2 Å². The smallest absolute Gasteiger partial charge is 0.115 e. The van der Waals surface area contributed by atoms with Gasteiger partial charge in [-0.15, -0.1) is 0 Å². The van der Waals surface area contributed by atoms with E-state index in [0.29, 0.717) is 5.75 Å². The second-order valence-corrected chi connectivity index (χ2v) is 5.62. The molecular weight excluding hydrogens is 232 g/mol. The fourth-order valence-electron chi connectivity index (χ4n) is 2.42. The van der Waals surface area contributed by atoms with Crippen molar-refractivity contribution < 1.29 is 5.11 Å². The summed E-state index contributed by atoms with van der Waals surface area (Å²) in [6.07, 6.45) is 2.32. The van der Waals surface area contributed by atoms with Gasteiger partial charge in [-0.2, -0.15) is 0 Å². The standard InChI is InChI=1S/C18H22O/c1-4-5-14-6-8-15(9-7-14)18(2,3)16-10-12-17(19)13-11-16/h6-13,19H,4-5H2,1-3H3. The summed E-state index contributed by atoms with van der Waals surface area (Å²) in [5.41, 5.74) is 3.87. The summed E-state index contributed by atoms with van der Waals surface area (Å²) in [4.78, 5) is 0. The van der Waals surface area contributed by atoms with Crippen molar-refractivity contribution in [3.8, 4) is 5.75 Å². The van der Waals surface area contributed by atoms with Gasteiger partial charge >= 0.3 is 0 Å². The molecule has 2 rings (SSSR count). The molecule has 0 fully saturated rings. The SMILES string of the molecule is CCCc1ccc(C(C)(C)c2ccc(O)cc2)cc1. The first-order chi connectivity index (χ1) is 9.04. The molecule has 1 nitrogen and oxygen atoms in total. The number of aromatic hydroxyl groups is 1. The Morgan fingerprint density at radius 1 is 0.842 bits per heavy atom. The Labute approximate surface area is 115 Å². The van der Waals surface area contributed by atoms with Gasteiger partial charge in [-0.1, -0.05) is 63.6 Å². The van der Waals surface area contributed by atoms with Crippen LogP contribution in [0.4, 0.5) is 0 Å². The molecule has 0 saturated carbocycles. The maximum absolute atomic E-state index is 9.39. The maximum Gasteiger partial charge on any atom is 0.115 e. The highest BCUT2D eigenvalue weighted by molar-refractivity contribution is 5.40. The molecule has 0 aliphatic heterocycles. The molecule has 0 aromatic heterocycles. The minimum atomic E-state index is -0.0432. The van der Waals surface area contributed by atoms with E-state index in [2.05, 4.69) is 45.0 Å². The molecule has 1 N–H and O–H groups in total. The number of hydrogen-bond acceptors (Lipinski definition) is 1. The van der Waals surface area contributed by atoms with Crippen LogP contribution >= 0.6 is 0 Å². The van der Waals surface area contributed by atoms with E-state index in [-0.39, 0.29) is 5.41 Å². The molecule has 100 valence electrons. The zero-order valence-electron chi connectivity index (χ0n) is 12.0. The van der Waals surface area contributed by atoms with Gasteiger partial charge in [-0.3, -0.25) is 0 Å². The molecule has 0 saturated heterocycles. The lowest BCUT2D eigenvalue weighted by Crippen LogP contribution is -2.18. The van der Waals surface area contributed by atoms with Gasteiger partial charge in [0.15, 0.2) is 0 Å². The molecule has 1 heteroatoms. The molecule has 0 atom stereocenters. The van der Waals surface area contributed by atoms with E-state index in [1.165, 1.54) is 23.1 Å². The average Bonchev–Trinajstić information content (AvgIpc) is 2.40. The van der Waals surface area contributed by atoms with Crippen molar-refractivity contribution in [2.24, 2.45) is 0 Å². The molecule has 2 aromatic carbocycles. The molecule has 0 bridgehead atoms. The summed E-state index contributed by atoms with van der Waals surface area (Å²) >= 11 is 0. The maximum atomic E-state index is 9.39. The minimum absolute atomic E-state index is 0.0432. The first-order valence-corrected chi connectivity index (χ1v) is 6.93. The number of benzene rings is 2. The average molecular weight is 254 g/mol. The van der Waals surface area contributed by atoms with Gasteiger partial charge in [0.1, 0.15) is 5.75 Å². The van der Waals surface area contributed by atoms with Crippen molar-refractivity contribution >= 4 is 0 Å². The van der Waals surface area contributed by atoms with Crippen molar-refractivity contribution in [3.05, 3.63) is 65.2 Å². The van der Waals surface area contributed by atoms with Crippen molar-refractivity contribution in [2.45, 2.75) is 39.0 Å². The first-order valence-electron chi connectivity index (χ1n) is 6.93. The van der Waals surface area contributed by atoms with Crippen LogP contribution in [0, 0.1) is 0 Å². The van der Waals surface area contributed by atoms with E-state index in [9.17, 15) is 5.11 Å². The largest absolute Gasteiger partial charge is 0.508 e. The fraction of sp³-hybridized carbons (Fsp3) is 0.333. The number of phenolic OH excluding ortho intramolecular Hbond substituents is 1. The lowest BCUT2D eigenvalue weighted by molar-refractivity contribution is 0.474. The van der Waals surface area contributed by atoms with Crippen molar-refractivity contribution in [1.82, 2.24) is 0 Å². The Hall–Kier alpha value is -1.76. The molecule has 0 amide bonds. The van der Waals surface area contributed by atoms with E-state index in [0.717, 1.165) is 6.42 Å². The van der Waals surface area contributed by atoms with Crippen LogP contribution in [0.5, 0.6) is 5.75 Å². The van der Waals surface area contributed by atoms with Gasteiger partial charge in [0.25, 0.3) is 0 Å². The highest BCUT2D eigenvalue weighted by Gasteiger charge is 2.22. The van der Waals surface area contributed by atoms with E-state index in [1.807, 2.05) is 12.1 Å². The number of aryl methyl sites for hydroxylation is 1. The van der Waals surface area contributed by atoms with E-state index in [4.69, 9.17) is 0 Å². The number of hydrogen-bond donors (Lipinski definition) is 1. The van der Waals surface area contributed by atoms with Crippen molar-refractivity contribution in [2.75, 3.05) is 0 Å². The van der Waals surface area contributed by atoms with Crippen LogP contribution in [0.1, 0.15) is 43.9 Å². The Morgan fingerprint density at radius 3 is 1.79 bits per heavy atom.